The topological polar surface area (TPSA) is 50.7 Å². The Hall–Kier alpha value is -1.64. The van der Waals surface area contributed by atoms with Crippen molar-refractivity contribution >= 4 is 12.1 Å². The van der Waals surface area contributed by atoms with Gasteiger partial charge in [0.05, 0.1) is 0 Å². The molecule has 0 fully saturated rings. The molecule has 0 spiro atoms. The summed E-state index contributed by atoms with van der Waals surface area (Å²) in [4.78, 5) is 0. The number of aryl methyl sites for hydroxylation is 1. The Morgan fingerprint density at radius 2 is 1.92 bits per heavy atom. The Labute approximate surface area is 78.0 Å². The van der Waals surface area contributed by atoms with Crippen molar-refractivity contribution in [3.8, 4) is 0 Å². The predicted molar refractivity (Wildman–Crippen MR) is 56.1 cm³/mol. The van der Waals surface area contributed by atoms with Crippen LogP contribution < -0.4 is 5.73 Å². The van der Waals surface area contributed by atoms with Crippen LogP contribution in [0.5, 0.6) is 0 Å². The SMILES string of the molecule is C/C=N\N=C(/N)c1ccc(C)cc1. The van der Waals surface area contributed by atoms with Crippen LogP contribution in [0.15, 0.2) is 34.5 Å². The molecule has 0 atom stereocenters. The zero-order valence-electron chi connectivity index (χ0n) is 7.86. The first kappa shape index (κ1) is 9.45. The average molecular weight is 175 g/mol. The molecule has 0 aliphatic rings. The van der Waals surface area contributed by atoms with Crippen molar-refractivity contribution in [1.29, 1.82) is 0 Å². The van der Waals surface area contributed by atoms with Gasteiger partial charge in [0.1, 0.15) is 0 Å². The van der Waals surface area contributed by atoms with E-state index in [1.54, 1.807) is 13.1 Å². The van der Waals surface area contributed by atoms with Crippen LogP contribution in [0.3, 0.4) is 0 Å². The van der Waals surface area contributed by atoms with Gasteiger partial charge in [-0.1, -0.05) is 29.8 Å². The first-order valence-corrected chi connectivity index (χ1v) is 4.12. The zero-order valence-corrected chi connectivity index (χ0v) is 7.86. The molecule has 0 heterocycles. The molecule has 0 radical (unpaired) electrons. The second kappa shape index (κ2) is 4.40. The summed E-state index contributed by atoms with van der Waals surface area (Å²) in [6.07, 6.45) is 1.60. The molecule has 3 nitrogen and oxygen atoms in total. The van der Waals surface area contributed by atoms with Gasteiger partial charge in [0, 0.05) is 11.8 Å². The number of hydrogen-bond acceptors (Lipinski definition) is 2. The van der Waals surface area contributed by atoms with Crippen LogP contribution in [0.4, 0.5) is 0 Å². The Bertz CT molecular complexity index is 323. The minimum Gasteiger partial charge on any atom is -0.382 e. The molecule has 1 aromatic rings. The Balaban J connectivity index is 2.89. The third-order valence-corrected chi connectivity index (χ3v) is 1.63. The second-order valence-corrected chi connectivity index (χ2v) is 2.72. The smallest absolute Gasteiger partial charge is 0.153 e. The molecule has 3 heteroatoms. The lowest BCUT2D eigenvalue weighted by Gasteiger charge is -1.98. The van der Waals surface area contributed by atoms with Gasteiger partial charge in [-0.15, -0.1) is 5.10 Å². The van der Waals surface area contributed by atoms with Gasteiger partial charge in [-0.2, -0.15) is 5.10 Å². The normalized spacial score (nSPS) is 12.3. The molecule has 13 heavy (non-hydrogen) atoms. The Kier molecular flexibility index (Phi) is 3.20. The number of benzene rings is 1. The fourth-order valence-corrected chi connectivity index (χ4v) is 0.902. The highest BCUT2D eigenvalue weighted by atomic mass is 15.2. The van der Waals surface area contributed by atoms with Crippen LogP contribution >= 0.6 is 0 Å². The van der Waals surface area contributed by atoms with E-state index in [0.29, 0.717) is 5.84 Å². The first-order chi connectivity index (χ1) is 6.24. The van der Waals surface area contributed by atoms with E-state index < -0.39 is 0 Å². The monoisotopic (exact) mass is 175 g/mol. The molecule has 0 aromatic heterocycles. The molecule has 0 aliphatic heterocycles. The molecule has 0 saturated heterocycles. The number of nitrogens with zero attached hydrogens (tertiary/aromatic N) is 2. The van der Waals surface area contributed by atoms with E-state index in [4.69, 9.17) is 5.73 Å². The highest BCUT2D eigenvalue weighted by Gasteiger charge is 1.95. The van der Waals surface area contributed by atoms with Crippen molar-refractivity contribution in [2.45, 2.75) is 13.8 Å². The third-order valence-electron chi connectivity index (χ3n) is 1.63. The highest BCUT2D eigenvalue weighted by molar-refractivity contribution is 5.97. The molecular weight excluding hydrogens is 162 g/mol. The maximum absolute atomic E-state index is 5.67. The van der Waals surface area contributed by atoms with Crippen LogP contribution in [-0.2, 0) is 0 Å². The van der Waals surface area contributed by atoms with E-state index in [0.717, 1.165) is 5.56 Å². The molecule has 2 N–H and O–H groups in total. The lowest BCUT2D eigenvalue weighted by molar-refractivity contribution is 1.23. The van der Waals surface area contributed by atoms with Crippen molar-refractivity contribution in [1.82, 2.24) is 0 Å². The Morgan fingerprint density at radius 3 is 2.46 bits per heavy atom. The van der Waals surface area contributed by atoms with E-state index in [2.05, 4.69) is 10.2 Å². The molecular formula is C10H13N3. The summed E-state index contributed by atoms with van der Waals surface area (Å²) in [5.41, 5.74) is 7.77. The van der Waals surface area contributed by atoms with E-state index in [1.807, 2.05) is 31.2 Å². The summed E-state index contributed by atoms with van der Waals surface area (Å²) >= 11 is 0. The fraction of sp³-hybridized carbons (Fsp3) is 0.200. The summed E-state index contributed by atoms with van der Waals surface area (Å²) in [6.45, 7) is 3.83. The van der Waals surface area contributed by atoms with Crippen molar-refractivity contribution in [3.63, 3.8) is 0 Å². The zero-order chi connectivity index (χ0) is 9.68. The summed E-state index contributed by atoms with van der Waals surface area (Å²) in [7, 11) is 0. The standard InChI is InChI=1S/C10H13N3/c1-3-12-13-10(11)9-6-4-8(2)5-7-9/h3-7H,1-2H3,(H2,11,13)/b12-3-. The van der Waals surface area contributed by atoms with Crippen LogP contribution in [-0.4, -0.2) is 12.1 Å². The van der Waals surface area contributed by atoms with Crippen LogP contribution in [0, 0.1) is 6.92 Å². The minimum absolute atomic E-state index is 0.443. The molecule has 0 amide bonds. The van der Waals surface area contributed by atoms with Gasteiger partial charge in [0.2, 0.25) is 0 Å². The van der Waals surface area contributed by atoms with Crippen molar-refractivity contribution < 1.29 is 0 Å². The van der Waals surface area contributed by atoms with Gasteiger partial charge in [0.25, 0.3) is 0 Å². The van der Waals surface area contributed by atoms with Gasteiger partial charge in [-0.3, -0.25) is 0 Å². The summed E-state index contributed by atoms with van der Waals surface area (Å²) in [5, 5.41) is 7.51. The van der Waals surface area contributed by atoms with Gasteiger partial charge in [0.15, 0.2) is 5.84 Å². The third kappa shape index (κ3) is 2.71. The van der Waals surface area contributed by atoms with Gasteiger partial charge in [-0.05, 0) is 13.8 Å². The second-order valence-electron chi connectivity index (χ2n) is 2.72. The number of nitrogens with two attached hydrogens (primary N) is 1. The van der Waals surface area contributed by atoms with Gasteiger partial charge < -0.3 is 5.73 Å². The molecule has 0 saturated carbocycles. The fourth-order valence-electron chi connectivity index (χ4n) is 0.902. The van der Waals surface area contributed by atoms with Crippen LogP contribution in [0.2, 0.25) is 0 Å². The van der Waals surface area contributed by atoms with Crippen molar-refractivity contribution in [3.05, 3.63) is 35.4 Å². The number of rotatable bonds is 2. The molecule has 0 bridgehead atoms. The quantitative estimate of drug-likeness (QED) is 0.415. The summed E-state index contributed by atoms with van der Waals surface area (Å²) in [6, 6.07) is 7.85. The maximum atomic E-state index is 5.67. The molecule has 1 rings (SSSR count). The molecule has 1 aromatic carbocycles. The predicted octanol–water partition coefficient (Wildman–Crippen LogP) is 1.71. The molecule has 0 aliphatic carbocycles. The van der Waals surface area contributed by atoms with E-state index in [1.165, 1.54) is 5.56 Å². The van der Waals surface area contributed by atoms with E-state index in [9.17, 15) is 0 Å². The first-order valence-electron chi connectivity index (χ1n) is 4.12. The van der Waals surface area contributed by atoms with Gasteiger partial charge >= 0.3 is 0 Å². The largest absolute Gasteiger partial charge is 0.382 e. The summed E-state index contributed by atoms with van der Waals surface area (Å²) < 4.78 is 0. The highest BCUT2D eigenvalue weighted by Crippen LogP contribution is 2.02. The average Bonchev–Trinajstić information content (AvgIpc) is 2.15. The van der Waals surface area contributed by atoms with Crippen LogP contribution in [0.1, 0.15) is 18.1 Å². The lowest BCUT2D eigenvalue weighted by atomic mass is 10.1. The molecule has 68 valence electrons. The number of amidine groups is 1. The lowest BCUT2D eigenvalue weighted by Crippen LogP contribution is -2.12. The van der Waals surface area contributed by atoms with Gasteiger partial charge in [-0.25, -0.2) is 0 Å². The molecule has 0 unspecified atom stereocenters. The van der Waals surface area contributed by atoms with Crippen molar-refractivity contribution in [2.75, 3.05) is 0 Å². The maximum Gasteiger partial charge on any atom is 0.153 e. The Morgan fingerprint density at radius 1 is 1.31 bits per heavy atom. The van der Waals surface area contributed by atoms with Crippen LogP contribution in [0.25, 0.3) is 0 Å². The van der Waals surface area contributed by atoms with Crippen molar-refractivity contribution in [2.24, 2.45) is 15.9 Å². The summed E-state index contributed by atoms with van der Waals surface area (Å²) in [5.74, 6) is 0.443. The van der Waals surface area contributed by atoms with E-state index in [-0.39, 0.29) is 0 Å². The number of hydrogen-bond donors (Lipinski definition) is 1. The van der Waals surface area contributed by atoms with E-state index >= 15 is 0 Å². The minimum atomic E-state index is 0.443.